The van der Waals surface area contributed by atoms with Crippen molar-refractivity contribution in [2.75, 3.05) is 23.7 Å². The molecule has 0 aliphatic heterocycles. The minimum atomic E-state index is -0.0847. The van der Waals surface area contributed by atoms with Gasteiger partial charge in [-0.15, -0.1) is 0 Å². The van der Waals surface area contributed by atoms with Gasteiger partial charge < -0.3 is 16.4 Å². The first-order chi connectivity index (χ1) is 7.76. The Bertz CT molecular complexity index is 323. The molecule has 0 spiro atoms. The zero-order chi connectivity index (χ0) is 11.8. The molecule has 0 atom stereocenters. The van der Waals surface area contributed by atoms with Crippen LogP contribution in [0.3, 0.4) is 0 Å². The molecule has 16 heavy (non-hydrogen) atoms. The molecule has 88 valence electrons. The van der Waals surface area contributed by atoms with Crippen molar-refractivity contribution in [1.82, 2.24) is 4.98 Å². The first-order valence-corrected chi connectivity index (χ1v) is 5.46. The van der Waals surface area contributed by atoms with Gasteiger partial charge in [0, 0.05) is 19.5 Å². The monoisotopic (exact) mass is 222 g/mol. The number of nitrogens with one attached hydrogen (secondary N) is 2. The van der Waals surface area contributed by atoms with E-state index in [0.717, 1.165) is 18.8 Å². The summed E-state index contributed by atoms with van der Waals surface area (Å²) in [4.78, 5) is 15.4. The Morgan fingerprint density at radius 2 is 2.31 bits per heavy atom. The number of rotatable bonds is 6. The zero-order valence-corrected chi connectivity index (χ0v) is 9.49. The van der Waals surface area contributed by atoms with Crippen molar-refractivity contribution in [2.24, 2.45) is 5.73 Å². The Kier molecular flexibility index (Phi) is 5.28. The SMILES string of the molecule is CCCNc1ccc(NC(=O)CCN)cn1. The molecule has 0 aliphatic carbocycles. The van der Waals surface area contributed by atoms with E-state index in [1.54, 1.807) is 6.20 Å². The molecule has 1 aromatic heterocycles. The Morgan fingerprint density at radius 1 is 1.50 bits per heavy atom. The van der Waals surface area contributed by atoms with Crippen LogP contribution in [-0.4, -0.2) is 24.0 Å². The van der Waals surface area contributed by atoms with E-state index < -0.39 is 0 Å². The quantitative estimate of drug-likeness (QED) is 0.675. The average molecular weight is 222 g/mol. The average Bonchev–Trinajstić information content (AvgIpc) is 2.28. The predicted octanol–water partition coefficient (Wildman–Crippen LogP) is 1.19. The molecule has 1 rings (SSSR count). The number of aromatic nitrogens is 1. The van der Waals surface area contributed by atoms with Crippen LogP contribution in [0.25, 0.3) is 0 Å². The minimum Gasteiger partial charge on any atom is -0.370 e. The first kappa shape index (κ1) is 12.4. The topological polar surface area (TPSA) is 80.0 Å². The number of hydrogen-bond donors (Lipinski definition) is 3. The third kappa shape index (κ3) is 4.27. The summed E-state index contributed by atoms with van der Waals surface area (Å²) in [7, 11) is 0. The molecule has 1 heterocycles. The molecule has 0 radical (unpaired) electrons. The molecular weight excluding hydrogens is 204 g/mol. The van der Waals surface area contributed by atoms with E-state index >= 15 is 0 Å². The third-order valence-corrected chi connectivity index (χ3v) is 1.97. The maximum atomic E-state index is 11.2. The molecule has 0 unspecified atom stereocenters. The fourth-order valence-electron chi connectivity index (χ4n) is 1.18. The summed E-state index contributed by atoms with van der Waals surface area (Å²) in [6.45, 7) is 3.34. The van der Waals surface area contributed by atoms with Crippen molar-refractivity contribution >= 4 is 17.4 Å². The van der Waals surface area contributed by atoms with Gasteiger partial charge in [-0.05, 0) is 18.6 Å². The summed E-state index contributed by atoms with van der Waals surface area (Å²) in [6.07, 6.45) is 3.01. The van der Waals surface area contributed by atoms with Crippen molar-refractivity contribution in [2.45, 2.75) is 19.8 Å². The lowest BCUT2D eigenvalue weighted by Gasteiger charge is -2.06. The van der Waals surface area contributed by atoms with Crippen LogP contribution in [0.15, 0.2) is 18.3 Å². The van der Waals surface area contributed by atoms with E-state index in [1.807, 2.05) is 12.1 Å². The van der Waals surface area contributed by atoms with Crippen molar-refractivity contribution in [3.8, 4) is 0 Å². The van der Waals surface area contributed by atoms with E-state index in [4.69, 9.17) is 5.73 Å². The molecule has 5 heteroatoms. The lowest BCUT2D eigenvalue weighted by molar-refractivity contribution is -0.116. The number of carbonyl (C=O) groups excluding carboxylic acids is 1. The molecule has 4 N–H and O–H groups in total. The summed E-state index contributed by atoms with van der Waals surface area (Å²) < 4.78 is 0. The van der Waals surface area contributed by atoms with Gasteiger partial charge in [-0.2, -0.15) is 0 Å². The van der Waals surface area contributed by atoms with E-state index in [-0.39, 0.29) is 5.91 Å². The Balaban J connectivity index is 2.47. The molecule has 0 bridgehead atoms. The Morgan fingerprint density at radius 3 is 2.88 bits per heavy atom. The van der Waals surface area contributed by atoms with Crippen molar-refractivity contribution in [1.29, 1.82) is 0 Å². The van der Waals surface area contributed by atoms with Crippen LogP contribution in [0.4, 0.5) is 11.5 Å². The van der Waals surface area contributed by atoms with E-state index in [1.165, 1.54) is 0 Å². The number of amides is 1. The minimum absolute atomic E-state index is 0.0847. The van der Waals surface area contributed by atoms with Crippen LogP contribution in [-0.2, 0) is 4.79 Å². The molecule has 0 saturated carbocycles. The molecule has 0 aromatic carbocycles. The zero-order valence-electron chi connectivity index (χ0n) is 9.49. The van der Waals surface area contributed by atoms with Gasteiger partial charge in [0.1, 0.15) is 5.82 Å². The smallest absolute Gasteiger partial charge is 0.225 e. The third-order valence-electron chi connectivity index (χ3n) is 1.97. The number of anilines is 2. The number of carbonyl (C=O) groups is 1. The van der Waals surface area contributed by atoms with Crippen LogP contribution in [0.2, 0.25) is 0 Å². The van der Waals surface area contributed by atoms with Crippen molar-refractivity contribution in [3.63, 3.8) is 0 Å². The highest BCUT2D eigenvalue weighted by Crippen LogP contribution is 2.09. The summed E-state index contributed by atoms with van der Waals surface area (Å²) >= 11 is 0. The second-order valence-corrected chi connectivity index (χ2v) is 3.45. The van der Waals surface area contributed by atoms with Crippen LogP contribution in [0, 0.1) is 0 Å². The highest BCUT2D eigenvalue weighted by molar-refractivity contribution is 5.90. The molecule has 0 saturated heterocycles. The number of hydrogen-bond acceptors (Lipinski definition) is 4. The molecule has 1 amide bonds. The summed E-state index contributed by atoms with van der Waals surface area (Å²) in [5.74, 6) is 0.734. The van der Waals surface area contributed by atoms with Gasteiger partial charge in [-0.3, -0.25) is 4.79 Å². The molecule has 5 nitrogen and oxygen atoms in total. The first-order valence-electron chi connectivity index (χ1n) is 5.46. The maximum absolute atomic E-state index is 11.2. The van der Waals surface area contributed by atoms with Crippen LogP contribution in [0.1, 0.15) is 19.8 Å². The fourth-order valence-corrected chi connectivity index (χ4v) is 1.18. The van der Waals surface area contributed by atoms with E-state index in [0.29, 0.717) is 18.7 Å². The van der Waals surface area contributed by atoms with Gasteiger partial charge in [0.2, 0.25) is 5.91 Å². The molecule has 1 aromatic rings. The maximum Gasteiger partial charge on any atom is 0.225 e. The highest BCUT2D eigenvalue weighted by atomic mass is 16.1. The van der Waals surface area contributed by atoms with Crippen LogP contribution >= 0.6 is 0 Å². The highest BCUT2D eigenvalue weighted by Gasteiger charge is 2.00. The van der Waals surface area contributed by atoms with Gasteiger partial charge in [-0.1, -0.05) is 6.92 Å². The number of pyridine rings is 1. The molecular formula is C11H18N4O. The van der Waals surface area contributed by atoms with Crippen molar-refractivity contribution in [3.05, 3.63) is 18.3 Å². The number of nitrogens with zero attached hydrogens (tertiary/aromatic N) is 1. The molecule has 0 aliphatic rings. The number of nitrogens with two attached hydrogens (primary N) is 1. The standard InChI is InChI=1S/C11H18N4O/c1-2-7-13-10-4-3-9(8-14-10)15-11(16)5-6-12/h3-4,8H,2,5-7,12H2,1H3,(H,13,14)(H,15,16). The van der Waals surface area contributed by atoms with Gasteiger partial charge >= 0.3 is 0 Å². The van der Waals surface area contributed by atoms with Crippen LogP contribution in [0.5, 0.6) is 0 Å². The fraction of sp³-hybridized carbons (Fsp3) is 0.455. The molecule has 0 fully saturated rings. The lowest BCUT2D eigenvalue weighted by Crippen LogP contribution is -2.16. The summed E-state index contributed by atoms with van der Waals surface area (Å²) in [6, 6.07) is 3.66. The lowest BCUT2D eigenvalue weighted by atomic mass is 10.3. The van der Waals surface area contributed by atoms with Gasteiger partial charge in [0.25, 0.3) is 0 Å². The summed E-state index contributed by atoms with van der Waals surface area (Å²) in [5.41, 5.74) is 5.97. The van der Waals surface area contributed by atoms with Gasteiger partial charge in [0.15, 0.2) is 0 Å². The Labute approximate surface area is 95.4 Å². The largest absolute Gasteiger partial charge is 0.370 e. The second-order valence-electron chi connectivity index (χ2n) is 3.45. The van der Waals surface area contributed by atoms with Crippen molar-refractivity contribution < 1.29 is 4.79 Å². The van der Waals surface area contributed by atoms with E-state index in [9.17, 15) is 4.79 Å². The van der Waals surface area contributed by atoms with E-state index in [2.05, 4.69) is 22.5 Å². The van der Waals surface area contributed by atoms with Gasteiger partial charge in [0.05, 0.1) is 11.9 Å². The summed E-state index contributed by atoms with van der Waals surface area (Å²) in [5, 5.41) is 5.87. The van der Waals surface area contributed by atoms with Gasteiger partial charge in [-0.25, -0.2) is 4.98 Å². The second kappa shape index (κ2) is 6.79. The van der Waals surface area contributed by atoms with Crippen LogP contribution < -0.4 is 16.4 Å². The predicted molar refractivity (Wildman–Crippen MR) is 65.3 cm³/mol. The normalized spacial score (nSPS) is 9.88. The Hall–Kier alpha value is -1.62.